The fourth-order valence-corrected chi connectivity index (χ4v) is 3.70. The summed E-state index contributed by atoms with van der Waals surface area (Å²) in [5, 5.41) is 22.0. The Labute approximate surface area is 185 Å². The van der Waals surface area contributed by atoms with E-state index in [0.29, 0.717) is 12.5 Å². The average Bonchev–Trinajstić information content (AvgIpc) is 3.30. The lowest BCUT2D eigenvalue weighted by Crippen LogP contribution is -2.39. The molecule has 2 heterocycles. The van der Waals surface area contributed by atoms with Gasteiger partial charge < -0.3 is 20.7 Å². The van der Waals surface area contributed by atoms with Gasteiger partial charge in [0.25, 0.3) is 0 Å². The lowest BCUT2D eigenvalue weighted by molar-refractivity contribution is 0.0677. The smallest absolute Gasteiger partial charge is 0.191 e. The van der Waals surface area contributed by atoms with Crippen LogP contribution in [-0.4, -0.2) is 35.7 Å². The van der Waals surface area contributed by atoms with E-state index in [0.717, 1.165) is 35.0 Å². The summed E-state index contributed by atoms with van der Waals surface area (Å²) in [5.41, 5.74) is 1.80. The van der Waals surface area contributed by atoms with Gasteiger partial charge in [0.15, 0.2) is 5.96 Å². The van der Waals surface area contributed by atoms with Crippen LogP contribution < -0.4 is 10.6 Å². The molecule has 1 aromatic carbocycles. The van der Waals surface area contributed by atoms with Gasteiger partial charge in [-0.1, -0.05) is 0 Å². The molecule has 1 unspecified atom stereocenters. The number of nitrogens with one attached hydrogen (secondary N) is 3. The summed E-state index contributed by atoms with van der Waals surface area (Å²) < 4.78 is 13.3. The number of aromatic nitrogens is 1. The topological polar surface area (TPSA) is 72.4 Å². The molecule has 0 saturated heterocycles. The maximum absolute atomic E-state index is 13.3. The van der Waals surface area contributed by atoms with Crippen molar-refractivity contribution in [2.24, 2.45) is 4.99 Å². The third-order valence-electron chi connectivity index (χ3n) is 4.45. The first kappa shape index (κ1) is 22.6. The number of aliphatic imine (C=N–C) groups is 1. The molecule has 0 aliphatic heterocycles. The summed E-state index contributed by atoms with van der Waals surface area (Å²) >= 11 is 1.56. The minimum absolute atomic E-state index is 0. The summed E-state index contributed by atoms with van der Waals surface area (Å²) in [6, 6.07) is 6.70. The summed E-state index contributed by atoms with van der Waals surface area (Å²) in [5.74, 6) is 0.423. The zero-order valence-electron chi connectivity index (χ0n) is 16.0. The molecule has 0 radical (unpaired) electrons. The van der Waals surface area contributed by atoms with E-state index in [1.54, 1.807) is 24.3 Å². The molecule has 3 aromatic rings. The maximum atomic E-state index is 13.3. The van der Waals surface area contributed by atoms with E-state index in [9.17, 15) is 9.50 Å². The van der Waals surface area contributed by atoms with Gasteiger partial charge >= 0.3 is 0 Å². The summed E-state index contributed by atoms with van der Waals surface area (Å²) in [7, 11) is 0. The predicted molar refractivity (Wildman–Crippen MR) is 125 cm³/mol. The number of thiophene rings is 1. The number of nitrogens with zero attached hydrogens (tertiary/aromatic N) is 1. The molecule has 0 spiro atoms. The van der Waals surface area contributed by atoms with Gasteiger partial charge in [0.1, 0.15) is 11.4 Å². The maximum Gasteiger partial charge on any atom is 0.191 e. The molecule has 152 valence electrons. The lowest BCUT2D eigenvalue weighted by Gasteiger charge is -2.21. The molecule has 3 rings (SSSR count). The number of halogens is 2. The second kappa shape index (κ2) is 10.2. The van der Waals surface area contributed by atoms with E-state index in [2.05, 4.69) is 20.6 Å². The second-order valence-electron chi connectivity index (χ2n) is 6.66. The Balaban J connectivity index is 0.00000280. The molecular weight excluding hydrogens is 490 g/mol. The van der Waals surface area contributed by atoms with Crippen molar-refractivity contribution in [3.63, 3.8) is 0 Å². The van der Waals surface area contributed by atoms with Gasteiger partial charge in [-0.15, -0.1) is 24.0 Å². The van der Waals surface area contributed by atoms with Gasteiger partial charge in [-0.3, -0.25) is 0 Å². The van der Waals surface area contributed by atoms with E-state index in [4.69, 9.17) is 0 Å². The number of hydrogen-bond donors (Lipinski definition) is 4. The fourth-order valence-electron chi connectivity index (χ4n) is 2.92. The summed E-state index contributed by atoms with van der Waals surface area (Å²) in [4.78, 5) is 7.63. The van der Waals surface area contributed by atoms with Crippen molar-refractivity contribution < 1.29 is 9.50 Å². The molecule has 0 aliphatic rings. The number of aliphatic hydroxyl groups is 1. The van der Waals surface area contributed by atoms with Crippen molar-refractivity contribution in [2.45, 2.75) is 25.9 Å². The van der Waals surface area contributed by atoms with Crippen molar-refractivity contribution in [3.05, 3.63) is 58.2 Å². The van der Waals surface area contributed by atoms with E-state index >= 15 is 0 Å². The number of fused-ring (bicyclic) bond motifs is 1. The Kier molecular flexibility index (Phi) is 8.26. The van der Waals surface area contributed by atoms with Crippen molar-refractivity contribution >= 4 is 52.2 Å². The van der Waals surface area contributed by atoms with Crippen LogP contribution in [0.25, 0.3) is 10.9 Å². The highest BCUT2D eigenvalue weighted by Crippen LogP contribution is 2.23. The highest BCUT2D eigenvalue weighted by molar-refractivity contribution is 14.0. The third kappa shape index (κ3) is 5.68. The zero-order chi connectivity index (χ0) is 19.3. The molecule has 0 bridgehead atoms. The number of aromatic amines is 1. The third-order valence-corrected chi connectivity index (χ3v) is 5.13. The van der Waals surface area contributed by atoms with Crippen LogP contribution in [0, 0.1) is 5.82 Å². The Hall–Kier alpha value is -1.65. The van der Waals surface area contributed by atoms with Gasteiger partial charge in [-0.2, -0.15) is 11.3 Å². The van der Waals surface area contributed by atoms with Crippen LogP contribution in [0.2, 0.25) is 0 Å². The van der Waals surface area contributed by atoms with E-state index < -0.39 is 5.60 Å². The first-order valence-electron chi connectivity index (χ1n) is 9.02. The Bertz CT molecular complexity index is 908. The van der Waals surface area contributed by atoms with Crippen LogP contribution >= 0.6 is 35.3 Å². The molecular formula is C20H26FIN4OS. The standard InChI is InChI=1S/C20H25FN4OS.HI/c1-3-22-19(25-13-20(2,26)15-7-9-27-12-15)23-8-6-14-11-24-18-10-16(21)4-5-17(14)18;/h4-5,7,9-12,24,26H,3,6,8,13H2,1-2H3,(H2,22,23,25);1H. The first-order valence-corrected chi connectivity index (χ1v) is 9.96. The molecule has 0 amide bonds. The van der Waals surface area contributed by atoms with Gasteiger partial charge in [0.2, 0.25) is 0 Å². The predicted octanol–water partition coefficient (Wildman–Crippen LogP) is 3.99. The van der Waals surface area contributed by atoms with E-state index in [-0.39, 0.29) is 36.3 Å². The number of rotatable bonds is 7. The van der Waals surface area contributed by atoms with E-state index in [1.807, 2.05) is 29.9 Å². The largest absolute Gasteiger partial charge is 0.383 e. The molecule has 1 atom stereocenters. The van der Waals surface area contributed by atoms with Crippen molar-refractivity contribution in [3.8, 4) is 0 Å². The number of guanidine groups is 1. The number of H-pyrrole nitrogens is 1. The zero-order valence-corrected chi connectivity index (χ0v) is 19.1. The average molecular weight is 516 g/mol. The molecule has 8 heteroatoms. The molecule has 0 aliphatic carbocycles. The summed E-state index contributed by atoms with van der Waals surface area (Å²) in [6.45, 7) is 5.45. The van der Waals surface area contributed by atoms with Gasteiger partial charge in [-0.25, -0.2) is 9.38 Å². The number of benzene rings is 1. The normalized spacial score (nSPS) is 13.8. The molecule has 28 heavy (non-hydrogen) atoms. The SMILES string of the molecule is CCNC(=NCC(C)(O)c1ccsc1)NCCc1c[nH]c2cc(F)ccc12.I. The quantitative estimate of drug-likeness (QED) is 0.218. The first-order chi connectivity index (χ1) is 13.0. The van der Waals surface area contributed by atoms with Gasteiger partial charge in [0.05, 0.1) is 6.54 Å². The van der Waals surface area contributed by atoms with Crippen LogP contribution in [0.5, 0.6) is 0 Å². The monoisotopic (exact) mass is 516 g/mol. The van der Waals surface area contributed by atoms with Crippen LogP contribution in [0.3, 0.4) is 0 Å². The summed E-state index contributed by atoms with van der Waals surface area (Å²) in [6.07, 6.45) is 2.69. The van der Waals surface area contributed by atoms with Gasteiger partial charge in [-0.05, 0) is 66.4 Å². The van der Waals surface area contributed by atoms with Crippen molar-refractivity contribution in [2.75, 3.05) is 19.6 Å². The molecule has 0 fully saturated rings. The van der Waals surface area contributed by atoms with Crippen LogP contribution in [-0.2, 0) is 12.0 Å². The van der Waals surface area contributed by atoms with Crippen LogP contribution in [0.1, 0.15) is 25.0 Å². The van der Waals surface area contributed by atoms with Crippen LogP contribution in [0.4, 0.5) is 4.39 Å². The Morgan fingerprint density at radius 2 is 2.14 bits per heavy atom. The van der Waals surface area contributed by atoms with Crippen LogP contribution in [0.15, 0.2) is 46.2 Å². The lowest BCUT2D eigenvalue weighted by atomic mass is 10.00. The Morgan fingerprint density at radius 3 is 2.86 bits per heavy atom. The minimum Gasteiger partial charge on any atom is -0.383 e. The number of hydrogen-bond acceptors (Lipinski definition) is 3. The fraction of sp³-hybridized carbons (Fsp3) is 0.350. The van der Waals surface area contributed by atoms with Crippen molar-refractivity contribution in [1.82, 2.24) is 15.6 Å². The molecule has 4 N–H and O–H groups in total. The minimum atomic E-state index is -0.997. The van der Waals surface area contributed by atoms with Gasteiger partial charge in [0, 0.05) is 30.2 Å². The molecule has 0 saturated carbocycles. The second-order valence-corrected chi connectivity index (χ2v) is 7.44. The molecule has 2 aromatic heterocycles. The highest BCUT2D eigenvalue weighted by atomic mass is 127. The Morgan fingerprint density at radius 1 is 1.32 bits per heavy atom. The highest BCUT2D eigenvalue weighted by Gasteiger charge is 2.23. The molecule has 5 nitrogen and oxygen atoms in total. The van der Waals surface area contributed by atoms with Crippen molar-refractivity contribution in [1.29, 1.82) is 0 Å². The van der Waals surface area contributed by atoms with E-state index in [1.165, 1.54) is 12.1 Å².